The summed E-state index contributed by atoms with van der Waals surface area (Å²) in [6, 6.07) is 8.54. The first kappa shape index (κ1) is 26.2. The number of nitrogens with one attached hydrogen (secondary N) is 2. The third-order valence-corrected chi connectivity index (χ3v) is 5.97. The Balaban J connectivity index is 0.00000341. The molecule has 0 saturated carbocycles. The van der Waals surface area contributed by atoms with E-state index >= 15 is 0 Å². The number of rotatable bonds is 6. The molecule has 9 heteroatoms. The average molecular weight is 553 g/mol. The molecule has 3 rings (SSSR count). The molecule has 1 aromatic rings. The summed E-state index contributed by atoms with van der Waals surface area (Å²) in [5, 5.41) is 6.55. The second-order valence-corrected chi connectivity index (χ2v) is 8.68. The van der Waals surface area contributed by atoms with Gasteiger partial charge in [-0.3, -0.25) is 14.8 Å². The lowest BCUT2D eigenvalue weighted by atomic mass is 9.98. The quantitative estimate of drug-likeness (QED) is 0.320. The van der Waals surface area contributed by atoms with Crippen LogP contribution in [0.2, 0.25) is 0 Å². The van der Waals surface area contributed by atoms with Crippen molar-refractivity contribution >= 4 is 29.9 Å². The molecule has 1 atom stereocenters. The van der Waals surface area contributed by atoms with Crippen molar-refractivity contribution in [2.24, 2.45) is 10.9 Å². The van der Waals surface area contributed by atoms with Gasteiger partial charge in [-0.25, -0.2) is 0 Å². The second kappa shape index (κ2) is 12.2. The monoisotopic (exact) mass is 553 g/mol. The molecular formula is C22H35F3IN5. The summed E-state index contributed by atoms with van der Waals surface area (Å²) >= 11 is 0. The van der Waals surface area contributed by atoms with Gasteiger partial charge in [-0.1, -0.05) is 31.2 Å². The average Bonchev–Trinajstić information content (AvgIpc) is 3.12. The number of nitrogens with zero attached hydrogens (tertiary/aromatic N) is 3. The fourth-order valence-corrected chi connectivity index (χ4v) is 4.24. The highest BCUT2D eigenvalue weighted by molar-refractivity contribution is 14.0. The van der Waals surface area contributed by atoms with E-state index in [-0.39, 0.29) is 30.0 Å². The minimum absolute atomic E-state index is 0. The highest BCUT2D eigenvalue weighted by atomic mass is 127. The van der Waals surface area contributed by atoms with Crippen molar-refractivity contribution in [2.45, 2.75) is 51.5 Å². The summed E-state index contributed by atoms with van der Waals surface area (Å²) in [6.45, 7) is 6.23. The molecule has 2 N–H and O–H groups in total. The zero-order valence-corrected chi connectivity index (χ0v) is 20.7. The van der Waals surface area contributed by atoms with Crippen molar-refractivity contribution in [2.75, 3.05) is 39.8 Å². The van der Waals surface area contributed by atoms with Crippen LogP contribution >= 0.6 is 24.0 Å². The maximum Gasteiger partial charge on any atom is 0.401 e. The Labute approximate surface area is 200 Å². The molecule has 0 bridgehead atoms. The van der Waals surface area contributed by atoms with E-state index in [9.17, 15) is 13.2 Å². The van der Waals surface area contributed by atoms with Gasteiger partial charge >= 0.3 is 6.18 Å². The molecule has 2 fully saturated rings. The maximum atomic E-state index is 12.6. The van der Waals surface area contributed by atoms with Gasteiger partial charge in [-0.05, 0) is 49.4 Å². The smallest absolute Gasteiger partial charge is 0.352 e. The van der Waals surface area contributed by atoms with E-state index in [0.717, 1.165) is 25.6 Å². The Morgan fingerprint density at radius 2 is 1.77 bits per heavy atom. The minimum Gasteiger partial charge on any atom is -0.352 e. The second-order valence-electron chi connectivity index (χ2n) is 8.68. The molecule has 0 spiro atoms. The molecular weight excluding hydrogens is 518 g/mol. The normalized spacial score (nSPS) is 21.7. The molecule has 31 heavy (non-hydrogen) atoms. The van der Waals surface area contributed by atoms with Crippen LogP contribution in [-0.4, -0.2) is 67.7 Å². The summed E-state index contributed by atoms with van der Waals surface area (Å²) in [5.74, 6) is 1.46. The van der Waals surface area contributed by atoms with Crippen LogP contribution < -0.4 is 10.6 Å². The summed E-state index contributed by atoms with van der Waals surface area (Å²) < 4.78 is 37.7. The lowest BCUT2D eigenvalue weighted by Gasteiger charge is -2.30. The number of piperidine rings is 1. The summed E-state index contributed by atoms with van der Waals surface area (Å²) in [5.41, 5.74) is 2.48. The summed E-state index contributed by atoms with van der Waals surface area (Å²) in [4.78, 5) is 8.19. The SMILES string of the molecule is CN=C(NCc1cccc(CN2CCC(C)CC2)c1)NC1CCN(CC(F)(F)F)C1.I. The van der Waals surface area contributed by atoms with Gasteiger partial charge in [0, 0.05) is 39.3 Å². The molecule has 2 aliphatic heterocycles. The molecule has 1 unspecified atom stereocenters. The van der Waals surface area contributed by atoms with E-state index in [0.29, 0.717) is 32.0 Å². The topological polar surface area (TPSA) is 42.9 Å². The largest absolute Gasteiger partial charge is 0.401 e. The van der Waals surface area contributed by atoms with Crippen LogP contribution in [0.25, 0.3) is 0 Å². The number of likely N-dealkylation sites (tertiary alicyclic amines) is 2. The minimum atomic E-state index is -4.15. The Bertz CT molecular complexity index is 705. The molecule has 176 valence electrons. The number of alkyl halides is 3. The third-order valence-electron chi connectivity index (χ3n) is 5.97. The van der Waals surface area contributed by atoms with E-state index in [1.807, 2.05) is 0 Å². The Morgan fingerprint density at radius 3 is 2.45 bits per heavy atom. The lowest BCUT2D eigenvalue weighted by molar-refractivity contribution is -0.143. The predicted molar refractivity (Wildman–Crippen MR) is 130 cm³/mol. The number of hydrogen-bond acceptors (Lipinski definition) is 3. The number of hydrogen-bond donors (Lipinski definition) is 2. The molecule has 2 saturated heterocycles. The van der Waals surface area contributed by atoms with E-state index in [4.69, 9.17) is 0 Å². The maximum absolute atomic E-state index is 12.6. The Kier molecular flexibility index (Phi) is 10.3. The first-order valence-corrected chi connectivity index (χ1v) is 10.9. The van der Waals surface area contributed by atoms with Crippen LogP contribution in [0.1, 0.15) is 37.3 Å². The zero-order valence-electron chi connectivity index (χ0n) is 18.4. The van der Waals surface area contributed by atoms with Crippen molar-refractivity contribution in [1.82, 2.24) is 20.4 Å². The molecule has 0 amide bonds. The van der Waals surface area contributed by atoms with E-state index in [1.165, 1.54) is 28.9 Å². The Hall–Kier alpha value is -1.07. The van der Waals surface area contributed by atoms with Crippen LogP contribution in [0.15, 0.2) is 29.3 Å². The van der Waals surface area contributed by atoms with Crippen molar-refractivity contribution in [1.29, 1.82) is 0 Å². The van der Waals surface area contributed by atoms with E-state index in [1.54, 1.807) is 7.05 Å². The van der Waals surface area contributed by atoms with Crippen LogP contribution in [-0.2, 0) is 13.1 Å². The van der Waals surface area contributed by atoms with Gasteiger partial charge in [-0.15, -0.1) is 24.0 Å². The highest BCUT2D eigenvalue weighted by Gasteiger charge is 2.34. The Morgan fingerprint density at radius 1 is 1.10 bits per heavy atom. The van der Waals surface area contributed by atoms with E-state index in [2.05, 4.69) is 51.7 Å². The fraction of sp³-hybridized carbons (Fsp3) is 0.682. The van der Waals surface area contributed by atoms with Gasteiger partial charge in [0.15, 0.2) is 5.96 Å². The molecule has 0 radical (unpaired) electrons. The molecule has 0 aromatic heterocycles. The summed E-state index contributed by atoms with van der Waals surface area (Å²) in [6.07, 6.45) is -0.928. The molecule has 0 aliphatic carbocycles. The molecule has 2 heterocycles. The van der Waals surface area contributed by atoms with Crippen molar-refractivity contribution in [3.8, 4) is 0 Å². The van der Waals surface area contributed by atoms with Crippen LogP contribution in [0.3, 0.4) is 0 Å². The van der Waals surface area contributed by atoms with E-state index < -0.39 is 12.7 Å². The first-order chi connectivity index (χ1) is 14.3. The molecule has 1 aromatic carbocycles. The molecule has 5 nitrogen and oxygen atoms in total. The van der Waals surface area contributed by atoms with Gasteiger partial charge in [0.05, 0.1) is 6.54 Å². The predicted octanol–water partition coefficient (Wildman–Crippen LogP) is 3.84. The van der Waals surface area contributed by atoms with Crippen molar-refractivity contribution in [3.63, 3.8) is 0 Å². The van der Waals surface area contributed by atoms with Crippen LogP contribution in [0.4, 0.5) is 13.2 Å². The third kappa shape index (κ3) is 9.13. The number of benzene rings is 1. The highest BCUT2D eigenvalue weighted by Crippen LogP contribution is 2.20. The van der Waals surface area contributed by atoms with Crippen LogP contribution in [0.5, 0.6) is 0 Å². The number of halogens is 4. The van der Waals surface area contributed by atoms with Gasteiger partial charge in [0.2, 0.25) is 0 Å². The van der Waals surface area contributed by atoms with Crippen molar-refractivity contribution in [3.05, 3.63) is 35.4 Å². The lowest BCUT2D eigenvalue weighted by Crippen LogP contribution is -2.44. The van der Waals surface area contributed by atoms with Gasteiger partial charge in [-0.2, -0.15) is 13.2 Å². The fourth-order valence-electron chi connectivity index (χ4n) is 4.24. The number of guanidine groups is 1. The van der Waals surface area contributed by atoms with Crippen LogP contribution in [0, 0.1) is 5.92 Å². The number of aliphatic imine (C=N–C) groups is 1. The molecule has 2 aliphatic rings. The van der Waals surface area contributed by atoms with Crippen molar-refractivity contribution < 1.29 is 13.2 Å². The zero-order chi connectivity index (χ0) is 21.6. The standard InChI is InChI=1S/C22H34F3N5.HI/c1-17-6-9-29(10-7-17)14-19-5-3-4-18(12-19)13-27-21(26-2)28-20-8-11-30(15-20)16-22(23,24)25;/h3-5,12,17,20H,6-11,13-16H2,1-2H3,(H2,26,27,28);1H. The first-order valence-electron chi connectivity index (χ1n) is 10.9. The summed E-state index contributed by atoms with van der Waals surface area (Å²) in [7, 11) is 1.69. The van der Waals surface area contributed by atoms with Gasteiger partial charge in [0.1, 0.15) is 0 Å². The van der Waals surface area contributed by atoms with Gasteiger partial charge < -0.3 is 10.6 Å². The van der Waals surface area contributed by atoms with Gasteiger partial charge in [0.25, 0.3) is 0 Å².